The van der Waals surface area contributed by atoms with E-state index in [1.54, 1.807) is 6.08 Å². The minimum absolute atomic E-state index is 0.544. The fourth-order valence-corrected chi connectivity index (χ4v) is 0.669. The maximum Gasteiger partial charge on any atom is 0.337 e. The van der Waals surface area contributed by atoms with Crippen LogP contribution in [0, 0.1) is 0 Å². The van der Waals surface area contributed by atoms with Crippen LogP contribution in [0.5, 0.6) is 0 Å². The minimum Gasteiger partial charge on any atom is -0.462 e. The van der Waals surface area contributed by atoms with Crippen LogP contribution in [0.3, 0.4) is 0 Å². The highest BCUT2D eigenvalue weighted by atomic mass is 16.7. The molecule has 0 aliphatic carbocycles. The van der Waals surface area contributed by atoms with Crippen LogP contribution in [0.1, 0.15) is 13.3 Å². The van der Waals surface area contributed by atoms with Crippen molar-refractivity contribution in [2.24, 2.45) is 0 Å². The van der Waals surface area contributed by atoms with E-state index >= 15 is 0 Å². The van der Waals surface area contributed by atoms with Gasteiger partial charge in [0.05, 0.1) is 6.26 Å². The Morgan fingerprint density at radius 2 is 2.64 bits per heavy atom. The summed E-state index contributed by atoms with van der Waals surface area (Å²) >= 11 is 0. The second-order valence-corrected chi connectivity index (χ2v) is 2.29. The lowest BCUT2D eigenvalue weighted by atomic mass is 10.4. The molecular weight excluding hydrogens is 148 g/mol. The molecule has 0 fully saturated rings. The van der Waals surface area contributed by atoms with Gasteiger partial charge in [-0.05, 0) is 13.0 Å². The molecule has 1 aliphatic rings. The number of aliphatic hydroxyl groups excluding tert-OH is 1. The Morgan fingerprint density at radius 3 is 3.09 bits per heavy atom. The number of carbonyl (C=O) groups is 1. The summed E-state index contributed by atoms with van der Waals surface area (Å²) in [5.74, 6) is -0.654. The summed E-state index contributed by atoms with van der Waals surface area (Å²) < 4.78 is 9.54. The van der Waals surface area contributed by atoms with Gasteiger partial charge in [-0.3, -0.25) is 0 Å². The highest BCUT2D eigenvalue weighted by Crippen LogP contribution is 2.10. The largest absolute Gasteiger partial charge is 0.462 e. The second kappa shape index (κ2) is 3.39. The number of carbonyl (C=O) groups excluding carboxylic acids is 1. The summed E-state index contributed by atoms with van der Waals surface area (Å²) in [6, 6.07) is 0. The van der Waals surface area contributed by atoms with Gasteiger partial charge in [0.25, 0.3) is 0 Å². The van der Waals surface area contributed by atoms with Crippen LogP contribution < -0.4 is 0 Å². The topological polar surface area (TPSA) is 55.8 Å². The van der Waals surface area contributed by atoms with Gasteiger partial charge >= 0.3 is 5.97 Å². The Labute approximate surface area is 64.4 Å². The van der Waals surface area contributed by atoms with Gasteiger partial charge in [-0.1, -0.05) is 0 Å². The average Bonchev–Trinajstić information content (AvgIpc) is 2.39. The van der Waals surface area contributed by atoms with E-state index < -0.39 is 18.4 Å². The second-order valence-electron chi connectivity index (χ2n) is 2.29. The van der Waals surface area contributed by atoms with Crippen molar-refractivity contribution >= 4 is 5.97 Å². The van der Waals surface area contributed by atoms with E-state index in [9.17, 15) is 4.79 Å². The number of esters is 1. The normalized spacial score (nSPS) is 24.4. The molecule has 4 nitrogen and oxygen atoms in total. The van der Waals surface area contributed by atoms with Crippen LogP contribution in [0.2, 0.25) is 0 Å². The van der Waals surface area contributed by atoms with Crippen molar-refractivity contribution in [3.05, 3.63) is 12.3 Å². The molecule has 0 spiro atoms. The van der Waals surface area contributed by atoms with Crippen molar-refractivity contribution in [3.63, 3.8) is 0 Å². The third-order valence-electron chi connectivity index (χ3n) is 1.24. The highest BCUT2D eigenvalue weighted by Gasteiger charge is 2.19. The van der Waals surface area contributed by atoms with Crippen LogP contribution >= 0.6 is 0 Å². The first-order chi connectivity index (χ1) is 5.20. The Bertz CT molecular complexity index is 165. The van der Waals surface area contributed by atoms with Gasteiger partial charge < -0.3 is 14.6 Å². The molecule has 0 aromatic carbocycles. The molecule has 0 saturated heterocycles. The highest BCUT2D eigenvalue weighted by molar-refractivity contribution is 5.73. The van der Waals surface area contributed by atoms with E-state index in [1.165, 1.54) is 13.2 Å². The van der Waals surface area contributed by atoms with Crippen molar-refractivity contribution in [1.82, 2.24) is 0 Å². The lowest BCUT2D eigenvalue weighted by Crippen LogP contribution is -2.25. The van der Waals surface area contributed by atoms with Crippen molar-refractivity contribution in [3.8, 4) is 0 Å². The Hall–Kier alpha value is -1.03. The lowest BCUT2D eigenvalue weighted by molar-refractivity contribution is -0.174. The van der Waals surface area contributed by atoms with E-state index in [2.05, 4.69) is 0 Å². The molecule has 0 amide bonds. The molecule has 0 bridgehead atoms. The zero-order valence-corrected chi connectivity index (χ0v) is 6.19. The maximum absolute atomic E-state index is 10.7. The summed E-state index contributed by atoms with van der Waals surface area (Å²) in [6.45, 7) is 1.35. The zero-order valence-electron chi connectivity index (χ0n) is 6.19. The van der Waals surface area contributed by atoms with Gasteiger partial charge in [0, 0.05) is 6.42 Å². The predicted octanol–water partition coefficient (Wildman–Crippen LogP) is 0.170. The Balaban J connectivity index is 2.25. The quantitative estimate of drug-likeness (QED) is 0.582. The van der Waals surface area contributed by atoms with E-state index in [1.807, 2.05) is 0 Å². The molecule has 2 atom stereocenters. The first kappa shape index (κ1) is 8.07. The van der Waals surface area contributed by atoms with E-state index in [0.29, 0.717) is 6.42 Å². The van der Waals surface area contributed by atoms with E-state index in [-0.39, 0.29) is 0 Å². The summed E-state index contributed by atoms with van der Waals surface area (Å²) in [4.78, 5) is 10.7. The number of hydrogen-bond donors (Lipinski definition) is 1. The predicted molar refractivity (Wildman–Crippen MR) is 36.4 cm³/mol. The van der Waals surface area contributed by atoms with E-state index in [0.717, 1.165) is 0 Å². The zero-order chi connectivity index (χ0) is 8.27. The number of rotatable bonds is 2. The van der Waals surface area contributed by atoms with Crippen molar-refractivity contribution in [2.75, 3.05) is 0 Å². The van der Waals surface area contributed by atoms with Crippen LogP contribution in [0.15, 0.2) is 12.3 Å². The Kier molecular flexibility index (Phi) is 2.48. The molecule has 1 aliphatic heterocycles. The molecular formula is C7H10O4. The first-order valence-corrected chi connectivity index (χ1v) is 3.39. The van der Waals surface area contributed by atoms with Crippen LogP contribution in [0.25, 0.3) is 0 Å². The molecule has 62 valence electrons. The van der Waals surface area contributed by atoms with Gasteiger partial charge in [0.1, 0.15) is 6.10 Å². The third-order valence-corrected chi connectivity index (χ3v) is 1.24. The van der Waals surface area contributed by atoms with Crippen molar-refractivity contribution in [2.45, 2.75) is 25.7 Å². The molecule has 0 radical (unpaired) electrons. The van der Waals surface area contributed by atoms with Crippen LogP contribution in [-0.2, 0) is 14.3 Å². The molecule has 0 aromatic heterocycles. The van der Waals surface area contributed by atoms with Crippen LogP contribution in [0.4, 0.5) is 0 Å². The summed E-state index contributed by atoms with van der Waals surface area (Å²) in [6.07, 6.45) is 2.15. The lowest BCUT2D eigenvalue weighted by Gasteiger charge is -2.12. The fourth-order valence-electron chi connectivity index (χ4n) is 0.669. The monoisotopic (exact) mass is 158 g/mol. The SMILES string of the molecule is CC(O)C(=O)OC1CC=CO1. The fraction of sp³-hybridized carbons (Fsp3) is 0.571. The third kappa shape index (κ3) is 2.23. The molecule has 0 saturated carbocycles. The minimum atomic E-state index is -1.08. The first-order valence-electron chi connectivity index (χ1n) is 3.39. The molecule has 0 aromatic rings. The maximum atomic E-state index is 10.7. The number of aliphatic hydroxyl groups is 1. The van der Waals surface area contributed by atoms with Gasteiger partial charge in [0.15, 0.2) is 0 Å². The van der Waals surface area contributed by atoms with Gasteiger partial charge in [-0.25, -0.2) is 4.79 Å². The van der Waals surface area contributed by atoms with Gasteiger partial charge in [0.2, 0.25) is 6.29 Å². The van der Waals surface area contributed by atoms with Gasteiger partial charge in [-0.2, -0.15) is 0 Å². The molecule has 2 unspecified atom stereocenters. The molecule has 1 rings (SSSR count). The van der Waals surface area contributed by atoms with E-state index in [4.69, 9.17) is 14.6 Å². The van der Waals surface area contributed by atoms with Crippen molar-refractivity contribution in [1.29, 1.82) is 0 Å². The molecule has 4 heteroatoms. The summed E-state index contributed by atoms with van der Waals surface area (Å²) in [5.41, 5.74) is 0. The molecule has 1 heterocycles. The summed E-state index contributed by atoms with van der Waals surface area (Å²) in [7, 11) is 0. The number of ether oxygens (including phenoxy) is 2. The van der Waals surface area contributed by atoms with Crippen molar-refractivity contribution < 1.29 is 19.4 Å². The molecule has 1 N–H and O–H groups in total. The van der Waals surface area contributed by atoms with Gasteiger partial charge in [-0.15, -0.1) is 0 Å². The summed E-state index contributed by atoms with van der Waals surface area (Å²) in [5, 5.41) is 8.73. The standard InChI is InChI=1S/C7H10O4/c1-5(8)7(9)11-6-3-2-4-10-6/h2,4-6,8H,3H2,1H3. The average molecular weight is 158 g/mol. The smallest absolute Gasteiger partial charge is 0.337 e. The van der Waals surface area contributed by atoms with Crippen LogP contribution in [-0.4, -0.2) is 23.5 Å². The Morgan fingerprint density at radius 1 is 1.91 bits per heavy atom. The number of hydrogen-bond acceptors (Lipinski definition) is 4. The molecule has 11 heavy (non-hydrogen) atoms.